The number of aromatic amines is 1. The van der Waals surface area contributed by atoms with Crippen LogP contribution in [0.5, 0.6) is 11.5 Å². The fraction of sp³-hybridized carbons (Fsp3) is 0.320. The summed E-state index contributed by atoms with van der Waals surface area (Å²) in [6, 6.07) is 14.5. The Kier molecular flexibility index (Phi) is 7.91. The molecule has 4 rings (SSSR count). The number of rotatable bonds is 11. The minimum atomic E-state index is -0.601. The van der Waals surface area contributed by atoms with Crippen LogP contribution in [0.25, 0.3) is 0 Å². The number of aromatic nitrogens is 2. The van der Waals surface area contributed by atoms with Crippen molar-refractivity contribution in [2.24, 2.45) is 0 Å². The van der Waals surface area contributed by atoms with Gasteiger partial charge in [0.1, 0.15) is 11.5 Å². The summed E-state index contributed by atoms with van der Waals surface area (Å²) in [6.07, 6.45) is 0.676. The Morgan fingerprint density at radius 1 is 1.14 bits per heavy atom. The van der Waals surface area contributed by atoms with Gasteiger partial charge in [-0.25, -0.2) is 4.79 Å². The molecular weight excluding hydrogens is 466 g/mol. The number of hydrogen-bond donors (Lipinski definition) is 3. The Balaban J connectivity index is 1.53. The van der Waals surface area contributed by atoms with Gasteiger partial charge >= 0.3 is 5.69 Å². The van der Waals surface area contributed by atoms with E-state index in [2.05, 4.69) is 10.3 Å². The Hall–Kier alpha value is -4.25. The van der Waals surface area contributed by atoms with Crippen LogP contribution in [-0.2, 0) is 16.1 Å². The number of hydrogen-bond acceptors (Lipinski definition) is 8. The molecule has 1 aromatic heterocycles. The van der Waals surface area contributed by atoms with Crippen molar-refractivity contribution < 1.29 is 19.0 Å². The molecule has 0 bridgehead atoms. The molecule has 0 fully saturated rings. The first-order valence-corrected chi connectivity index (χ1v) is 11.6. The van der Waals surface area contributed by atoms with Crippen molar-refractivity contribution in [2.45, 2.75) is 19.4 Å². The van der Waals surface area contributed by atoms with Gasteiger partial charge in [-0.3, -0.25) is 19.1 Å². The Morgan fingerprint density at radius 2 is 1.92 bits per heavy atom. The van der Waals surface area contributed by atoms with Crippen molar-refractivity contribution in [1.82, 2.24) is 9.55 Å². The molecule has 11 heteroatoms. The molecule has 2 heterocycles. The zero-order valence-electron chi connectivity index (χ0n) is 20.0. The van der Waals surface area contributed by atoms with Crippen LogP contribution >= 0.6 is 0 Å². The second kappa shape index (κ2) is 11.5. The normalized spacial score (nSPS) is 11.9. The van der Waals surface area contributed by atoms with E-state index < -0.39 is 11.2 Å². The first kappa shape index (κ1) is 24.9. The van der Waals surface area contributed by atoms with Crippen LogP contribution in [0, 0.1) is 0 Å². The molecule has 11 nitrogen and oxygen atoms in total. The number of H-pyrrole nitrogens is 1. The zero-order chi connectivity index (χ0) is 25.5. The van der Waals surface area contributed by atoms with Crippen LogP contribution in [0.15, 0.2) is 58.1 Å². The van der Waals surface area contributed by atoms with Gasteiger partial charge in [-0.2, -0.15) is 0 Å². The molecule has 3 aromatic rings. The molecule has 1 aliphatic rings. The van der Waals surface area contributed by atoms with E-state index in [4.69, 9.17) is 19.9 Å². The molecule has 0 spiro atoms. The van der Waals surface area contributed by atoms with Crippen LogP contribution in [0.4, 0.5) is 17.2 Å². The van der Waals surface area contributed by atoms with Crippen LogP contribution in [-0.4, -0.2) is 49.1 Å². The van der Waals surface area contributed by atoms with Gasteiger partial charge in [-0.1, -0.05) is 30.3 Å². The van der Waals surface area contributed by atoms with Gasteiger partial charge in [0, 0.05) is 45.0 Å². The fourth-order valence-electron chi connectivity index (χ4n) is 3.98. The van der Waals surface area contributed by atoms with Crippen molar-refractivity contribution >= 4 is 23.1 Å². The molecule has 0 unspecified atom stereocenters. The first-order chi connectivity index (χ1) is 17.5. The smallest absolute Gasteiger partial charge is 0.330 e. The molecule has 0 saturated carbocycles. The molecule has 36 heavy (non-hydrogen) atoms. The molecule has 0 saturated heterocycles. The van der Waals surface area contributed by atoms with E-state index >= 15 is 0 Å². The van der Waals surface area contributed by atoms with Gasteiger partial charge in [-0.15, -0.1) is 0 Å². The first-order valence-electron chi connectivity index (χ1n) is 11.6. The number of carbonyl (C=O) groups excluding carboxylic acids is 1. The van der Waals surface area contributed by atoms with Crippen molar-refractivity contribution in [3.05, 3.63) is 74.9 Å². The molecule has 2 aromatic carbocycles. The number of carbonyl (C=O) groups is 1. The maximum absolute atomic E-state index is 12.8. The van der Waals surface area contributed by atoms with Gasteiger partial charge in [0.2, 0.25) is 12.7 Å². The Morgan fingerprint density at radius 3 is 2.69 bits per heavy atom. The highest BCUT2D eigenvalue weighted by molar-refractivity contribution is 5.91. The molecule has 4 N–H and O–H groups in total. The number of fused-ring (bicyclic) bond motifs is 1. The third-order valence-electron chi connectivity index (χ3n) is 5.76. The monoisotopic (exact) mass is 495 g/mol. The quantitative estimate of drug-likeness (QED) is 0.342. The third kappa shape index (κ3) is 5.87. The maximum atomic E-state index is 12.8. The largest absolute Gasteiger partial charge is 0.454 e. The Labute approximate surface area is 207 Å². The third-order valence-corrected chi connectivity index (χ3v) is 5.76. The van der Waals surface area contributed by atoms with E-state index in [1.807, 2.05) is 30.3 Å². The SMILES string of the molecule is COCCCN(CCC(=O)Nc1ccc2c(c1)OCO2)c1c(N)n(Cc2ccccc2)c(=O)[nH]c1=O. The van der Waals surface area contributed by atoms with E-state index in [1.54, 1.807) is 30.2 Å². The molecule has 0 atom stereocenters. The average Bonchev–Trinajstić information content (AvgIpc) is 3.33. The number of amides is 1. The van der Waals surface area contributed by atoms with Crippen LogP contribution < -0.4 is 36.7 Å². The minimum Gasteiger partial charge on any atom is -0.454 e. The lowest BCUT2D eigenvalue weighted by atomic mass is 10.2. The molecule has 190 valence electrons. The summed E-state index contributed by atoms with van der Waals surface area (Å²) >= 11 is 0. The number of ether oxygens (including phenoxy) is 3. The number of nitrogens with one attached hydrogen (secondary N) is 2. The number of benzene rings is 2. The van der Waals surface area contributed by atoms with Gasteiger partial charge in [0.25, 0.3) is 5.56 Å². The topological polar surface area (TPSA) is 141 Å². The van der Waals surface area contributed by atoms with Gasteiger partial charge in [0.15, 0.2) is 11.5 Å². The van der Waals surface area contributed by atoms with Crippen molar-refractivity contribution in [3.8, 4) is 11.5 Å². The number of methoxy groups -OCH3 is 1. The van der Waals surface area contributed by atoms with Gasteiger partial charge < -0.3 is 30.2 Å². The number of anilines is 3. The van der Waals surface area contributed by atoms with Gasteiger partial charge in [0.05, 0.1) is 6.54 Å². The lowest BCUT2D eigenvalue weighted by Crippen LogP contribution is -2.40. The molecule has 1 aliphatic heterocycles. The second-order valence-electron chi connectivity index (χ2n) is 8.26. The van der Waals surface area contributed by atoms with Crippen molar-refractivity contribution in [1.29, 1.82) is 0 Å². The number of nitrogen functional groups attached to an aromatic ring is 1. The lowest BCUT2D eigenvalue weighted by Gasteiger charge is -2.26. The van der Waals surface area contributed by atoms with Crippen molar-refractivity contribution in [2.75, 3.05) is 49.5 Å². The highest BCUT2D eigenvalue weighted by Gasteiger charge is 2.20. The van der Waals surface area contributed by atoms with E-state index in [1.165, 1.54) is 4.57 Å². The zero-order valence-corrected chi connectivity index (χ0v) is 20.0. The van der Waals surface area contributed by atoms with Crippen LogP contribution in [0.2, 0.25) is 0 Å². The number of nitrogens with zero attached hydrogens (tertiary/aromatic N) is 2. The Bertz CT molecular complexity index is 1320. The van der Waals surface area contributed by atoms with Crippen molar-refractivity contribution in [3.63, 3.8) is 0 Å². The standard InChI is InChI=1S/C25H29N5O6/c1-34-13-5-11-29(12-10-21(31)27-18-8-9-19-20(14-18)36-16-35-19)22-23(26)30(25(33)28-24(22)32)15-17-6-3-2-4-7-17/h2-4,6-9,14H,5,10-13,15-16,26H2,1H3,(H,27,31)(H,28,32,33). The van der Waals surface area contributed by atoms with Crippen LogP contribution in [0.1, 0.15) is 18.4 Å². The molecule has 0 radical (unpaired) electrons. The number of nitrogens with two attached hydrogens (primary N) is 1. The summed E-state index contributed by atoms with van der Waals surface area (Å²) in [6.45, 7) is 1.41. The maximum Gasteiger partial charge on any atom is 0.330 e. The highest BCUT2D eigenvalue weighted by atomic mass is 16.7. The fourth-order valence-corrected chi connectivity index (χ4v) is 3.98. The summed E-state index contributed by atoms with van der Waals surface area (Å²) < 4.78 is 17.1. The van der Waals surface area contributed by atoms with Crippen LogP contribution in [0.3, 0.4) is 0 Å². The summed E-state index contributed by atoms with van der Waals surface area (Å²) in [5.41, 5.74) is 6.75. The molecule has 0 aliphatic carbocycles. The average molecular weight is 496 g/mol. The predicted octanol–water partition coefficient (Wildman–Crippen LogP) is 1.77. The van der Waals surface area contributed by atoms with E-state index in [0.717, 1.165) is 5.56 Å². The lowest BCUT2D eigenvalue weighted by molar-refractivity contribution is -0.116. The van der Waals surface area contributed by atoms with Gasteiger partial charge in [-0.05, 0) is 24.1 Å². The summed E-state index contributed by atoms with van der Waals surface area (Å²) in [4.78, 5) is 42.2. The molecule has 1 amide bonds. The van der Waals surface area contributed by atoms with E-state index in [-0.39, 0.29) is 43.7 Å². The van der Waals surface area contributed by atoms with E-state index in [0.29, 0.717) is 36.8 Å². The summed E-state index contributed by atoms with van der Waals surface area (Å²) in [5, 5.41) is 2.83. The van der Waals surface area contributed by atoms with E-state index in [9.17, 15) is 14.4 Å². The summed E-state index contributed by atoms with van der Waals surface area (Å²) in [5.74, 6) is 0.978. The predicted molar refractivity (Wildman–Crippen MR) is 136 cm³/mol. The summed E-state index contributed by atoms with van der Waals surface area (Å²) in [7, 11) is 1.59. The minimum absolute atomic E-state index is 0.0428. The second-order valence-corrected chi connectivity index (χ2v) is 8.26. The highest BCUT2D eigenvalue weighted by Crippen LogP contribution is 2.34. The molecular formula is C25H29N5O6.